The molecule has 1 aromatic carbocycles. The van der Waals surface area contributed by atoms with Crippen LogP contribution in [0.1, 0.15) is 47.9 Å². The van der Waals surface area contributed by atoms with Crippen LogP contribution in [0.15, 0.2) is 12.1 Å². The highest BCUT2D eigenvalue weighted by atomic mass is 35.5. The molecular formula is C17H25Cl2FN4O. The van der Waals surface area contributed by atoms with Gasteiger partial charge in [-0.1, -0.05) is 19.8 Å². The number of fused-ring (bicyclic) bond motifs is 1. The van der Waals surface area contributed by atoms with Gasteiger partial charge in [-0.3, -0.25) is 4.79 Å². The minimum atomic E-state index is -0.502. The number of hydrogen-bond donors (Lipinski definition) is 2. The molecule has 1 aromatic heterocycles. The first-order valence-electron chi connectivity index (χ1n) is 7.91. The van der Waals surface area contributed by atoms with Crippen LogP contribution in [0.4, 0.5) is 4.39 Å². The first-order chi connectivity index (χ1) is 11.0. The summed E-state index contributed by atoms with van der Waals surface area (Å²) in [5.74, 6) is -0.864. The SMILES string of the molecule is CCCCC(CN)NC(=O)c1cc(F)cc2nc(C)c(C)nc12.Cl.Cl. The van der Waals surface area contributed by atoms with Gasteiger partial charge in [0.15, 0.2) is 0 Å². The molecule has 1 amide bonds. The van der Waals surface area contributed by atoms with Crippen molar-refractivity contribution in [3.63, 3.8) is 0 Å². The van der Waals surface area contributed by atoms with E-state index in [1.165, 1.54) is 12.1 Å². The number of nitrogens with one attached hydrogen (secondary N) is 1. The van der Waals surface area contributed by atoms with Crippen molar-refractivity contribution in [2.24, 2.45) is 5.73 Å². The molecule has 1 heterocycles. The van der Waals surface area contributed by atoms with Crippen molar-refractivity contribution in [3.05, 3.63) is 34.9 Å². The van der Waals surface area contributed by atoms with Crippen LogP contribution in [0.5, 0.6) is 0 Å². The number of hydrogen-bond acceptors (Lipinski definition) is 4. The fourth-order valence-electron chi connectivity index (χ4n) is 2.43. The lowest BCUT2D eigenvalue weighted by Crippen LogP contribution is -2.40. The van der Waals surface area contributed by atoms with E-state index in [2.05, 4.69) is 22.2 Å². The Hall–Kier alpha value is -1.50. The molecule has 0 aliphatic rings. The number of carbonyl (C=O) groups is 1. The first kappa shape index (κ1) is 23.5. The third-order valence-electron chi connectivity index (χ3n) is 3.92. The van der Waals surface area contributed by atoms with Crippen molar-refractivity contribution in [2.45, 2.75) is 46.1 Å². The monoisotopic (exact) mass is 390 g/mol. The van der Waals surface area contributed by atoms with Crippen LogP contribution >= 0.6 is 24.8 Å². The number of rotatable bonds is 6. The van der Waals surface area contributed by atoms with E-state index in [-0.39, 0.29) is 42.3 Å². The molecule has 5 nitrogen and oxygen atoms in total. The summed E-state index contributed by atoms with van der Waals surface area (Å²) in [4.78, 5) is 21.3. The number of halogens is 3. The number of nitrogens with two attached hydrogens (primary N) is 1. The minimum absolute atomic E-state index is 0. The second-order valence-electron chi connectivity index (χ2n) is 5.76. The van der Waals surface area contributed by atoms with E-state index in [1.807, 2.05) is 13.8 Å². The van der Waals surface area contributed by atoms with Gasteiger partial charge in [-0.25, -0.2) is 14.4 Å². The highest BCUT2D eigenvalue weighted by Gasteiger charge is 2.18. The quantitative estimate of drug-likeness (QED) is 0.790. The Balaban J connectivity index is 0.00000288. The van der Waals surface area contributed by atoms with Gasteiger partial charge in [-0.2, -0.15) is 0 Å². The number of unbranched alkanes of at least 4 members (excludes halogenated alkanes) is 1. The molecule has 140 valence electrons. The van der Waals surface area contributed by atoms with Crippen molar-refractivity contribution in [2.75, 3.05) is 6.54 Å². The normalized spacial score (nSPS) is 11.4. The number of aromatic nitrogens is 2. The lowest BCUT2D eigenvalue weighted by molar-refractivity contribution is 0.0937. The minimum Gasteiger partial charge on any atom is -0.348 e. The summed E-state index contributed by atoms with van der Waals surface area (Å²) >= 11 is 0. The largest absolute Gasteiger partial charge is 0.348 e. The number of carbonyl (C=O) groups excluding carboxylic acids is 1. The molecule has 0 saturated heterocycles. The van der Waals surface area contributed by atoms with Crippen LogP contribution in [0.25, 0.3) is 11.0 Å². The molecule has 0 aliphatic heterocycles. The number of aryl methyl sites for hydroxylation is 2. The maximum atomic E-state index is 13.8. The fraction of sp³-hybridized carbons (Fsp3) is 0.471. The van der Waals surface area contributed by atoms with E-state index in [1.54, 1.807) is 0 Å². The smallest absolute Gasteiger partial charge is 0.253 e. The molecule has 25 heavy (non-hydrogen) atoms. The average molecular weight is 391 g/mol. The van der Waals surface area contributed by atoms with Gasteiger partial charge >= 0.3 is 0 Å². The van der Waals surface area contributed by atoms with Crippen molar-refractivity contribution in [3.8, 4) is 0 Å². The van der Waals surface area contributed by atoms with E-state index in [0.29, 0.717) is 17.6 Å². The van der Waals surface area contributed by atoms with Crippen molar-refractivity contribution in [1.29, 1.82) is 0 Å². The van der Waals surface area contributed by atoms with Gasteiger partial charge in [0.05, 0.1) is 22.5 Å². The topological polar surface area (TPSA) is 80.9 Å². The summed E-state index contributed by atoms with van der Waals surface area (Å²) in [6.45, 7) is 6.05. The Morgan fingerprint density at radius 3 is 2.48 bits per heavy atom. The maximum absolute atomic E-state index is 13.8. The Morgan fingerprint density at radius 2 is 1.88 bits per heavy atom. The molecule has 3 N–H and O–H groups in total. The molecule has 0 aliphatic carbocycles. The highest BCUT2D eigenvalue weighted by molar-refractivity contribution is 6.04. The second kappa shape index (κ2) is 10.5. The van der Waals surface area contributed by atoms with Crippen LogP contribution < -0.4 is 11.1 Å². The standard InChI is InChI=1S/C17H23FN4O.2ClH/c1-4-5-6-13(9-19)22-17(23)14-7-12(18)8-15-16(14)21-11(3)10(2)20-15;;/h7-8,13H,4-6,9,19H2,1-3H3,(H,22,23);2*1H. The molecule has 0 fully saturated rings. The van der Waals surface area contributed by atoms with E-state index in [0.717, 1.165) is 30.7 Å². The molecule has 0 radical (unpaired) electrons. The van der Waals surface area contributed by atoms with E-state index in [9.17, 15) is 9.18 Å². The lowest BCUT2D eigenvalue weighted by Gasteiger charge is -2.17. The predicted molar refractivity (Wildman–Crippen MR) is 103 cm³/mol. The molecule has 1 unspecified atom stereocenters. The van der Waals surface area contributed by atoms with Gasteiger partial charge in [0.25, 0.3) is 5.91 Å². The summed E-state index contributed by atoms with van der Waals surface area (Å²) < 4.78 is 13.8. The maximum Gasteiger partial charge on any atom is 0.253 e. The predicted octanol–water partition coefficient (Wildman–Crippen LogP) is 3.48. The average Bonchev–Trinajstić information content (AvgIpc) is 2.52. The third-order valence-corrected chi connectivity index (χ3v) is 3.92. The van der Waals surface area contributed by atoms with Gasteiger partial charge in [0.1, 0.15) is 11.3 Å². The summed E-state index contributed by atoms with van der Waals surface area (Å²) in [7, 11) is 0. The van der Waals surface area contributed by atoms with Crippen LogP contribution in [-0.2, 0) is 0 Å². The highest BCUT2D eigenvalue weighted by Crippen LogP contribution is 2.19. The fourth-order valence-corrected chi connectivity index (χ4v) is 2.43. The second-order valence-corrected chi connectivity index (χ2v) is 5.76. The molecular weight excluding hydrogens is 366 g/mol. The van der Waals surface area contributed by atoms with Crippen molar-refractivity contribution < 1.29 is 9.18 Å². The lowest BCUT2D eigenvalue weighted by atomic mass is 10.1. The van der Waals surface area contributed by atoms with E-state index >= 15 is 0 Å². The number of amides is 1. The Morgan fingerprint density at radius 1 is 1.24 bits per heavy atom. The Kier molecular flexibility index (Phi) is 9.85. The Labute approximate surface area is 159 Å². The van der Waals surface area contributed by atoms with Crippen LogP contribution in [0.3, 0.4) is 0 Å². The van der Waals surface area contributed by atoms with Gasteiger partial charge in [0.2, 0.25) is 0 Å². The zero-order valence-electron chi connectivity index (χ0n) is 14.6. The number of nitrogens with zero attached hydrogens (tertiary/aromatic N) is 2. The molecule has 0 spiro atoms. The van der Waals surface area contributed by atoms with Crippen molar-refractivity contribution >= 4 is 41.8 Å². The Bertz CT molecular complexity index is 727. The van der Waals surface area contributed by atoms with Crippen LogP contribution in [-0.4, -0.2) is 28.5 Å². The first-order valence-corrected chi connectivity index (χ1v) is 7.91. The molecule has 8 heteroatoms. The van der Waals surface area contributed by atoms with E-state index in [4.69, 9.17) is 5.73 Å². The van der Waals surface area contributed by atoms with Gasteiger partial charge in [0, 0.05) is 18.7 Å². The summed E-state index contributed by atoms with van der Waals surface area (Å²) in [6, 6.07) is 2.37. The summed E-state index contributed by atoms with van der Waals surface area (Å²) in [6.07, 6.45) is 2.80. The van der Waals surface area contributed by atoms with Gasteiger partial charge < -0.3 is 11.1 Å². The summed E-state index contributed by atoms with van der Waals surface area (Å²) in [5.41, 5.74) is 8.15. The zero-order chi connectivity index (χ0) is 17.0. The molecule has 1 atom stereocenters. The number of benzene rings is 1. The van der Waals surface area contributed by atoms with Gasteiger partial charge in [-0.05, 0) is 26.3 Å². The molecule has 2 aromatic rings. The zero-order valence-corrected chi connectivity index (χ0v) is 16.3. The molecule has 0 bridgehead atoms. The van der Waals surface area contributed by atoms with Crippen LogP contribution in [0, 0.1) is 19.7 Å². The third kappa shape index (κ3) is 5.76. The van der Waals surface area contributed by atoms with Crippen LogP contribution in [0.2, 0.25) is 0 Å². The molecule has 2 rings (SSSR count). The van der Waals surface area contributed by atoms with E-state index < -0.39 is 5.82 Å². The molecule has 0 saturated carbocycles. The summed E-state index contributed by atoms with van der Waals surface area (Å²) in [5, 5.41) is 2.87. The van der Waals surface area contributed by atoms with Crippen molar-refractivity contribution in [1.82, 2.24) is 15.3 Å². The van der Waals surface area contributed by atoms with Gasteiger partial charge in [-0.15, -0.1) is 24.8 Å².